The monoisotopic (exact) mass is 628 g/mol. The second kappa shape index (κ2) is 12.2. The van der Waals surface area contributed by atoms with Crippen LogP contribution in [0.15, 0.2) is 175 Å². The molecule has 1 unspecified atom stereocenters. The fraction of sp³-hybridized carbons (Fsp3) is 0.0476. The van der Waals surface area contributed by atoms with E-state index >= 15 is 0 Å². The van der Waals surface area contributed by atoms with Crippen LogP contribution in [0.3, 0.4) is 0 Å². The molecule has 0 amide bonds. The Morgan fingerprint density at radius 3 is 2.04 bits per heavy atom. The second-order valence-electron chi connectivity index (χ2n) is 11.7. The van der Waals surface area contributed by atoms with Crippen LogP contribution in [0.4, 0.5) is 0 Å². The number of hydrogen-bond donors (Lipinski definition) is 0. The zero-order valence-electron chi connectivity index (χ0n) is 25.6. The highest BCUT2D eigenvalue weighted by Crippen LogP contribution is 2.43. The number of nitrogens with zero attached hydrogens (tertiary/aromatic N) is 2. The van der Waals surface area contributed by atoms with Crippen molar-refractivity contribution in [2.75, 3.05) is 7.05 Å². The molecule has 46 heavy (non-hydrogen) atoms. The Morgan fingerprint density at radius 1 is 0.630 bits per heavy atom. The van der Waals surface area contributed by atoms with E-state index in [1.54, 1.807) is 11.9 Å². The topological polar surface area (TPSA) is 6.48 Å². The summed E-state index contributed by atoms with van der Waals surface area (Å²) in [7, 11) is 1.35. The highest BCUT2D eigenvalue weighted by atomic mass is 32.2. The van der Waals surface area contributed by atoms with Crippen molar-refractivity contribution < 1.29 is 0 Å². The molecule has 0 N–H and O–H groups in total. The molecular weight excluding hydrogens is 596 g/mol. The summed E-state index contributed by atoms with van der Waals surface area (Å²) in [5, 5.41) is 6.55. The second-order valence-corrected chi connectivity index (χ2v) is 14.9. The van der Waals surface area contributed by atoms with Crippen molar-refractivity contribution in [2.45, 2.75) is 11.1 Å². The van der Waals surface area contributed by atoms with Crippen molar-refractivity contribution in [3.05, 3.63) is 182 Å². The molecule has 2 heterocycles. The van der Waals surface area contributed by atoms with E-state index in [4.69, 9.17) is 0 Å². The molecule has 0 fully saturated rings. The van der Waals surface area contributed by atoms with E-state index in [0.717, 1.165) is 5.70 Å². The molecule has 0 saturated carbocycles. The van der Waals surface area contributed by atoms with Crippen molar-refractivity contribution in [2.24, 2.45) is 0 Å². The van der Waals surface area contributed by atoms with Gasteiger partial charge in [-0.3, -0.25) is 4.31 Å². The van der Waals surface area contributed by atoms with Crippen molar-refractivity contribution in [1.82, 2.24) is 9.21 Å². The third-order valence-electron chi connectivity index (χ3n) is 8.84. The van der Waals surface area contributed by atoms with E-state index in [1.165, 1.54) is 59.4 Å². The Morgan fingerprint density at radius 2 is 1.26 bits per heavy atom. The van der Waals surface area contributed by atoms with Crippen molar-refractivity contribution >= 4 is 57.8 Å². The van der Waals surface area contributed by atoms with Gasteiger partial charge in [0.2, 0.25) is 0 Å². The third kappa shape index (κ3) is 5.26. The van der Waals surface area contributed by atoms with E-state index in [2.05, 4.69) is 187 Å². The molecule has 0 radical (unpaired) electrons. The van der Waals surface area contributed by atoms with E-state index in [-0.39, 0.29) is 6.17 Å². The molecule has 222 valence electrons. The summed E-state index contributed by atoms with van der Waals surface area (Å²) >= 11 is 1.78. The summed E-state index contributed by atoms with van der Waals surface area (Å²) in [4.78, 5) is 3.49. The molecule has 1 atom stereocenters. The van der Waals surface area contributed by atoms with Gasteiger partial charge in [0.1, 0.15) is 6.17 Å². The van der Waals surface area contributed by atoms with Gasteiger partial charge in [-0.1, -0.05) is 134 Å². The van der Waals surface area contributed by atoms with Crippen molar-refractivity contribution in [1.29, 1.82) is 0 Å². The smallest absolute Gasteiger partial charge is 0.131 e. The summed E-state index contributed by atoms with van der Waals surface area (Å²) < 4.78 is 2.37. The molecule has 4 heteroatoms. The standard InChI is InChI=1S/C42H33N2PS/c1-30-38-20-11-12-23-41(38)46-44-29-32(24-25-42(44)43(30)2)33-26-34(40-22-13-15-31-14-9-10-21-39(31)40)28-37(27-33)45(35-16-5-3-6-17-35)36-18-7-4-8-19-36/h3-29,42H,1H2,2H3. The van der Waals surface area contributed by atoms with Gasteiger partial charge in [-0.2, -0.15) is 0 Å². The van der Waals surface area contributed by atoms with E-state index in [0.29, 0.717) is 0 Å². The maximum Gasteiger partial charge on any atom is 0.131 e. The van der Waals surface area contributed by atoms with Crippen LogP contribution in [0.2, 0.25) is 0 Å². The Kier molecular flexibility index (Phi) is 7.58. The minimum Gasteiger partial charge on any atom is -0.350 e. The van der Waals surface area contributed by atoms with Gasteiger partial charge >= 0.3 is 0 Å². The lowest BCUT2D eigenvalue weighted by molar-refractivity contribution is 0.296. The summed E-state index contributed by atoms with van der Waals surface area (Å²) in [6.07, 6.45) is 6.99. The van der Waals surface area contributed by atoms with Crippen LogP contribution in [0.25, 0.3) is 33.2 Å². The molecule has 0 spiro atoms. The summed E-state index contributed by atoms with van der Waals surface area (Å²) in [6.45, 7) is 4.46. The fourth-order valence-electron chi connectivity index (χ4n) is 6.47. The van der Waals surface area contributed by atoms with Crippen molar-refractivity contribution in [3.63, 3.8) is 0 Å². The van der Waals surface area contributed by atoms with Gasteiger partial charge in [0.25, 0.3) is 0 Å². The number of benzene rings is 6. The van der Waals surface area contributed by atoms with Crippen LogP contribution in [0.5, 0.6) is 0 Å². The largest absolute Gasteiger partial charge is 0.350 e. The summed E-state index contributed by atoms with van der Waals surface area (Å²) in [6, 6.07) is 53.1. The Bertz CT molecular complexity index is 2090. The van der Waals surface area contributed by atoms with Gasteiger partial charge in [0, 0.05) is 29.4 Å². The lowest BCUT2D eigenvalue weighted by Crippen LogP contribution is -2.38. The zero-order valence-corrected chi connectivity index (χ0v) is 27.3. The van der Waals surface area contributed by atoms with Gasteiger partial charge in [-0.15, -0.1) is 0 Å². The molecule has 2 nitrogen and oxygen atoms in total. The maximum absolute atomic E-state index is 4.46. The molecule has 6 aromatic carbocycles. The lowest BCUT2D eigenvalue weighted by atomic mass is 9.94. The average Bonchev–Trinajstić information content (AvgIpc) is 3.22. The van der Waals surface area contributed by atoms with Gasteiger partial charge in [-0.05, 0) is 99.2 Å². The van der Waals surface area contributed by atoms with Crippen LogP contribution in [0, 0.1) is 0 Å². The molecule has 2 aliphatic heterocycles. The molecule has 0 aliphatic carbocycles. The highest BCUT2D eigenvalue weighted by Gasteiger charge is 2.29. The summed E-state index contributed by atoms with van der Waals surface area (Å²) in [5.41, 5.74) is 7.12. The molecule has 8 rings (SSSR count). The summed E-state index contributed by atoms with van der Waals surface area (Å²) in [5.74, 6) is 0. The van der Waals surface area contributed by atoms with Gasteiger partial charge in [0.05, 0.1) is 0 Å². The Labute approximate surface area is 276 Å². The quantitative estimate of drug-likeness (QED) is 0.139. The predicted molar refractivity (Wildman–Crippen MR) is 200 cm³/mol. The Hall–Kier alpha value is -4.82. The van der Waals surface area contributed by atoms with Crippen LogP contribution in [-0.4, -0.2) is 22.4 Å². The normalized spacial score (nSPS) is 15.8. The van der Waals surface area contributed by atoms with E-state index < -0.39 is 7.92 Å². The molecule has 0 bridgehead atoms. The number of hydrogen-bond acceptors (Lipinski definition) is 3. The lowest BCUT2D eigenvalue weighted by Gasteiger charge is -2.36. The van der Waals surface area contributed by atoms with Crippen LogP contribution >= 0.6 is 19.9 Å². The van der Waals surface area contributed by atoms with E-state index in [9.17, 15) is 0 Å². The van der Waals surface area contributed by atoms with Crippen molar-refractivity contribution in [3.8, 4) is 11.1 Å². The number of fused-ring (bicyclic) bond motifs is 3. The van der Waals surface area contributed by atoms with Gasteiger partial charge < -0.3 is 4.90 Å². The fourth-order valence-corrected chi connectivity index (χ4v) is 9.98. The number of rotatable bonds is 5. The van der Waals surface area contributed by atoms with Gasteiger partial charge in [-0.25, -0.2) is 0 Å². The van der Waals surface area contributed by atoms with Crippen LogP contribution < -0.4 is 15.9 Å². The predicted octanol–water partition coefficient (Wildman–Crippen LogP) is 9.43. The minimum atomic E-state index is -0.791. The van der Waals surface area contributed by atoms with Crippen LogP contribution in [-0.2, 0) is 0 Å². The molecule has 2 aliphatic rings. The van der Waals surface area contributed by atoms with Crippen LogP contribution in [0.1, 0.15) is 11.1 Å². The highest BCUT2D eigenvalue weighted by molar-refractivity contribution is 7.97. The first-order valence-corrected chi connectivity index (χ1v) is 17.7. The number of likely N-dealkylation sites (N-methyl/N-ethyl adjacent to an activating group) is 1. The maximum atomic E-state index is 4.46. The van der Waals surface area contributed by atoms with Gasteiger partial charge in [0.15, 0.2) is 0 Å². The number of allylic oxidation sites excluding steroid dienone is 2. The molecule has 0 saturated heterocycles. The van der Waals surface area contributed by atoms with E-state index in [1.807, 2.05) is 0 Å². The Balaban J connectivity index is 1.32. The molecule has 6 aromatic rings. The SMILES string of the molecule is C=C1c2ccccc2SN2C=C(c3cc(-c4cccc5ccccc45)cc(P(c4ccccc4)c4ccccc4)c3)C=CC2N1C. The molecule has 0 aromatic heterocycles. The zero-order chi connectivity index (χ0) is 31.0. The minimum absolute atomic E-state index is 0.0696. The first kappa shape index (κ1) is 28.6. The third-order valence-corrected chi connectivity index (χ3v) is 12.3. The average molecular weight is 629 g/mol. The first-order valence-electron chi connectivity index (χ1n) is 15.6. The first-order chi connectivity index (χ1) is 22.6. The molecular formula is C42H33N2PS.